The third-order valence-electron chi connectivity index (χ3n) is 6.56. The van der Waals surface area contributed by atoms with E-state index in [1.807, 2.05) is 6.92 Å². The second-order valence-corrected chi connectivity index (χ2v) is 10.2. The number of amides is 3. The number of anilines is 6. The number of alkyl halides is 3. The first-order valence-electron chi connectivity index (χ1n) is 13.9. The molecule has 0 aliphatic rings. The van der Waals surface area contributed by atoms with E-state index in [4.69, 9.17) is 17.2 Å². The average molecular weight is 659 g/mol. The number of nitrogens with two attached hydrogens (primary N) is 3. The van der Waals surface area contributed by atoms with Crippen molar-refractivity contribution in [2.75, 3.05) is 33.2 Å². The lowest BCUT2D eigenvalue weighted by molar-refractivity contribution is -0.137. The number of halogens is 3. The molecule has 9 N–H and O–H groups in total. The summed E-state index contributed by atoms with van der Waals surface area (Å²) in [6, 6.07) is 13.8. The van der Waals surface area contributed by atoms with Crippen molar-refractivity contribution in [1.29, 1.82) is 0 Å². The summed E-state index contributed by atoms with van der Waals surface area (Å²) in [5.74, 6) is -1.25. The van der Waals surface area contributed by atoms with E-state index in [9.17, 15) is 27.6 Å². The van der Waals surface area contributed by atoms with Crippen LogP contribution in [-0.4, -0.2) is 37.7 Å². The number of hydrogen-bond donors (Lipinski definition) is 6. The van der Waals surface area contributed by atoms with Crippen LogP contribution in [0.3, 0.4) is 0 Å². The van der Waals surface area contributed by atoms with Crippen molar-refractivity contribution in [3.8, 4) is 0 Å². The summed E-state index contributed by atoms with van der Waals surface area (Å²) >= 11 is 0. The molecule has 0 saturated heterocycles. The van der Waals surface area contributed by atoms with E-state index in [-0.39, 0.29) is 34.6 Å². The summed E-state index contributed by atoms with van der Waals surface area (Å²) in [6.45, 7) is 3.54. The molecule has 16 heteroatoms. The van der Waals surface area contributed by atoms with Crippen molar-refractivity contribution in [3.05, 3.63) is 119 Å². The molecular weight excluding hydrogens is 629 g/mol. The van der Waals surface area contributed by atoms with Gasteiger partial charge in [0.2, 0.25) is 11.9 Å². The maximum absolute atomic E-state index is 12.9. The summed E-state index contributed by atoms with van der Waals surface area (Å²) in [5, 5.41) is 7.79. The van der Waals surface area contributed by atoms with Crippen LogP contribution < -0.4 is 33.2 Å². The van der Waals surface area contributed by atoms with E-state index >= 15 is 0 Å². The molecular formula is C32H29F3N10O3. The van der Waals surface area contributed by atoms with Gasteiger partial charge in [0.25, 0.3) is 17.7 Å². The Kier molecular flexibility index (Phi) is 10.5. The lowest BCUT2D eigenvalue weighted by Crippen LogP contribution is -2.16. The molecule has 0 spiro atoms. The van der Waals surface area contributed by atoms with E-state index < -0.39 is 23.6 Å². The number of carbonyl (C=O) groups excluding carboxylic acids is 3. The van der Waals surface area contributed by atoms with Gasteiger partial charge in [0.05, 0.1) is 41.7 Å². The molecule has 3 aromatic carbocycles. The maximum atomic E-state index is 12.9. The Labute approximate surface area is 271 Å². The molecule has 0 aliphatic heterocycles. The highest BCUT2D eigenvalue weighted by molar-refractivity contribution is 6.08. The van der Waals surface area contributed by atoms with Crippen LogP contribution in [0.1, 0.15) is 47.8 Å². The first kappa shape index (κ1) is 34.3. The molecule has 13 nitrogen and oxygen atoms in total. The molecule has 2 aromatic heterocycles. The van der Waals surface area contributed by atoms with Gasteiger partial charge >= 0.3 is 6.18 Å². The largest absolute Gasteiger partial charge is 0.416 e. The highest BCUT2D eigenvalue weighted by Crippen LogP contribution is 2.30. The third kappa shape index (κ3) is 9.23. The number of nitrogens with one attached hydrogen (secondary N) is 3. The minimum atomic E-state index is -4.56. The standard InChI is InChI=1S/C20H16F3N5O2.C12H13N5O/c1-11-5-6-14(8-16(11)18(30)28-15-9-25-19(24)26-10-15)27-17(29)12-3-2-4-13(7-12)20(21,22)23;1-7-2-3-8(13)4-10(7)11(18)17-9-5-15-12(14)16-6-9/h2-10H,1H3,(H,27,29)(H,28,30)(H2,24,25,26);2-6H,13H2,1H3,(H,17,18)(H2,14,15,16). The quantitative estimate of drug-likeness (QED) is 0.133. The predicted octanol–water partition coefficient (Wildman–Crippen LogP) is 5.09. The van der Waals surface area contributed by atoms with E-state index in [2.05, 4.69) is 35.9 Å². The molecule has 5 aromatic rings. The molecule has 0 fully saturated rings. The van der Waals surface area contributed by atoms with Crippen LogP contribution in [0, 0.1) is 13.8 Å². The van der Waals surface area contributed by atoms with E-state index in [0.717, 1.165) is 23.8 Å². The fraction of sp³-hybridized carbons (Fsp3) is 0.0938. The van der Waals surface area contributed by atoms with Crippen molar-refractivity contribution < 1.29 is 27.6 Å². The van der Waals surface area contributed by atoms with Gasteiger partial charge in [0, 0.05) is 28.1 Å². The van der Waals surface area contributed by atoms with Gasteiger partial charge in [-0.05, 0) is 67.4 Å². The summed E-state index contributed by atoms with van der Waals surface area (Å²) in [7, 11) is 0. The third-order valence-corrected chi connectivity index (χ3v) is 6.56. The number of benzene rings is 3. The molecule has 246 valence electrons. The highest BCUT2D eigenvalue weighted by atomic mass is 19.4. The van der Waals surface area contributed by atoms with Crippen molar-refractivity contribution in [2.24, 2.45) is 0 Å². The minimum absolute atomic E-state index is 0.0588. The van der Waals surface area contributed by atoms with Crippen molar-refractivity contribution in [3.63, 3.8) is 0 Å². The lowest BCUT2D eigenvalue weighted by Gasteiger charge is -2.12. The Morgan fingerprint density at radius 1 is 0.604 bits per heavy atom. The van der Waals surface area contributed by atoms with Crippen LogP contribution in [-0.2, 0) is 6.18 Å². The Balaban J connectivity index is 0.000000246. The first-order valence-corrected chi connectivity index (χ1v) is 13.9. The molecule has 48 heavy (non-hydrogen) atoms. The van der Waals surface area contributed by atoms with Gasteiger partial charge < -0.3 is 33.2 Å². The zero-order chi connectivity index (χ0) is 35.0. The Morgan fingerprint density at radius 2 is 1.08 bits per heavy atom. The summed E-state index contributed by atoms with van der Waals surface area (Å²) in [6.07, 6.45) is 1.02. The van der Waals surface area contributed by atoms with Crippen molar-refractivity contribution in [2.45, 2.75) is 20.0 Å². The zero-order valence-corrected chi connectivity index (χ0v) is 25.5. The number of nitrogens with zero attached hydrogens (tertiary/aromatic N) is 4. The van der Waals surface area contributed by atoms with Crippen molar-refractivity contribution >= 4 is 52.4 Å². The average Bonchev–Trinajstić information content (AvgIpc) is 3.05. The van der Waals surface area contributed by atoms with Gasteiger partial charge in [-0.1, -0.05) is 18.2 Å². The molecule has 0 bridgehead atoms. The Hall–Kier alpha value is -6.58. The molecule has 0 radical (unpaired) electrons. The van der Waals surface area contributed by atoms with Crippen molar-refractivity contribution in [1.82, 2.24) is 19.9 Å². The van der Waals surface area contributed by atoms with Gasteiger partial charge in [-0.25, -0.2) is 19.9 Å². The van der Waals surface area contributed by atoms with Crippen LogP contribution in [0.25, 0.3) is 0 Å². The number of rotatable bonds is 6. The molecule has 0 unspecified atom stereocenters. The van der Waals surface area contributed by atoms with E-state index in [0.29, 0.717) is 28.2 Å². The van der Waals surface area contributed by atoms with Gasteiger partial charge in [0.15, 0.2) is 0 Å². The Morgan fingerprint density at radius 3 is 1.60 bits per heavy atom. The number of aryl methyl sites for hydroxylation is 2. The Bertz CT molecular complexity index is 1950. The number of carbonyl (C=O) groups is 3. The second kappa shape index (κ2) is 14.7. The van der Waals surface area contributed by atoms with Crippen LogP contribution >= 0.6 is 0 Å². The molecule has 0 atom stereocenters. The number of nitrogen functional groups attached to an aromatic ring is 3. The van der Waals surface area contributed by atoms with E-state index in [1.165, 1.54) is 36.9 Å². The maximum Gasteiger partial charge on any atom is 0.416 e. The normalized spacial score (nSPS) is 10.7. The zero-order valence-electron chi connectivity index (χ0n) is 25.5. The topological polar surface area (TPSA) is 217 Å². The van der Waals surface area contributed by atoms with Crippen LogP contribution in [0.4, 0.5) is 47.8 Å². The van der Waals surface area contributed by atoms with Crippen LogP contribution in [0.2, 0.25) is 0 Å². The predicted molar refractivity (Wildman–Crippen MR) is 175 cm³/mol. The summed E-state index contributed by atoms with van der Waals surface area (Å²) in [4.78, 5) is 52.1. The van der Waals surface area contributed by atoms with Crippen LogP contribution in [0.15, 0.2) is 85.5 Å². The smallest absolute Gasteiger partial charge is 0.399 e. The first-order chi connectivity index (χ1) is 22.7. The summed E-state index contributed by atoms with van der Waals surface area (Å²) in [5.41, 5.74) is 19.2. The van der Waals surface area contributed by atoms with Gasteiger partial charge in [-0.2, -0.15) is 13.2 Å². The highest BCUT2D eigenvalue weighted by Gasteiger charge is 2.31. The monoisotopic (exact) mass is 658 g/mol. The fourth-order valence-electron chi connectivity index (χ4n) is 4.07. The van der Waals surface area contributed by atoms with Crippen LogP contribution in [0.5, 0.6) is 0 Å². The minimum Gasteiger partial charge on any atom is -0.399 e. The molecule has 3 amide bonds. The van der Waals surface area contributed by atoms with Gasteiger partial charge in [-0.15, -0.1) is 0 Å². The lowest BCUT2D eigenvalue weighted by atomic mass is 10.1. The SMILES string of the molecule is Cc1ccc(N)cc1C(=O)Nc1cnc(N)nc1.Cc1ccc(NC(=O)c2cccc(C(F)(F)F)c2)cc1C(=O)Nc1cnc(N)nc1. The second-order valence-electron chi connectivity index (χ2n) is 10.2. The molecule has 0 aliphatic carbocycles. The number of hydrogen-bond acceptors (Lipinski definition) is 10. The van der Waals surface area contributed by atoms with Gasteiger partial charge in [-0.3, -0.25) is 14.4 Å². The molecule has 2 heterocycles. The molecule has 5 rings (SSSR count). The summed E-state index contributed by atoms with van der Waals surface area (Å²) < 4.78 is 38.6. The number of aromatic nitrogens is 4. The van der Waals surface area contributed by atoms with Gasteiger partial charge in [0.1, 0.15) is 0 Å². The molecule has 0 saturated carbocycles. The van der Waals surface area contributed by atoms with E-state index in [1.54, 1.807) is 37.3 Å². The fourth-order valence-corrected chi connectivity index (χ4v) is 4.07.